The SMILES string of the molecule is O=C(O)O.c1ccc(-c2ccc(C3CCCCC3)cc2)cc1. The van der Waals surface area contributed by atoms with Crippen LogP contribution in [0.4, 0.5) is 4.79 Å². The first-order chi connectivity index (χ1) is 10.7. The quantitative estimate of drug-likeness (QED) is 0.756. The fourth-order valence-corrected chi connectivity index (χ4v) is 3.01. The van der Waals surface area contributed by atoms with E-state index in [1.807, 2.05) is 0 Å². The van der Waals surface area contributed by atoms with Gasteiger partial charge in [-0.3, -0.25) is 0 Å². The average Bonchev–Trinajstić information content (AvgIpc) is 2.56. The molecular formula is C19H22O3. The highest BCUT2D eigenvalue weighted by atomic mass is 16.6. The third kappa shape index (κ3) is 4.92. The van der Waals surface area contributed by atoms with Gasteiger partial charge in [0.25, 0.3) is 0 Å². The summed E-state index contributed by atoms with van der Waals surface area (Å²) in [5.41, 5.74) is 4.18. The number of carbonyl (C=O) groups is 1. The molecule has 0 saturated heterocycles. The molecule has 3 nitrogen and oxygen atoms in total. The summed E-state index contributed by atoms with van der Waals surface area (Å²) >= 11 is 0. The zero-order valence-corrected chi connectivity index (χ0v) is 12.6. The fourth-order valence-electron chi connectivity index (χ4n) is 3.01. The lowest BCUT2D eigenvalue weighted by Crippen LogP contribution is -2.04. The van der Waals surface area contributed by atoms with Gasteiger partial charge in [0, 0.05) is 0 Å². The zero-order chi connectivity index (χ0) is 15.8. The maximum atomic E-state index is 8.56. The Kier molecular flexibility index (Phi) is 6.01. The Labute approximate surface area is 131 Å². The van der Waals surface area contributed by atoms with Crippen molar-refractivity contribution in [2.24, 2.45) is 0 Å². The van der Waals surface area contributed by atoms with Gasteiger partial charge in [-0.05, 0) is 35.4 Å². The van der Waals surface area contributed by atoms with Crippen molar-refractivity contribution in [1.82, 2.24) is 0 Å². The minimum absolute atomic E-state index is 0.809. The van der Waals surface area contributed by atoms with Crippen LogP contribution in [0.25, 0.3) is 11.1 Å². The third-order valence-electron chi connectivity index (χ3n) is 4.09. The smallest absolute Gasteiger partial charge is 0.450 e. The molecule has 22 heavy (non-hydrogen) atoms. The van der Waals surface area contributed by atoms with Gasteiger partial charge in [0.1, 0.15) is 0 Å². The first-order valence-corrected chi connectivity index (χ1v) is 7.74. The second-order valence-electron chi connectivity index (χ2n) is 5.61. The maximum Gasteiger partial charge on any atom is 0.503 e. The van der Waals surface area contributed by atoms with Crippen molar-refractivity contribution in [3.8, 4) is 11.1 Å². The van der Waals surface area contributed by atoms with Crippen LogP contribution in [0.5, 0.6) is 0 Å². The van der Waals surface area contributed by atoms with Gasteiger partial charge in [-0.1, -0.05) is 73.9 Å². The molecule has 2 aromatic rings. The second kappa shape index (κ2) is 8.23. The van der Waals surface area contributed by atoms with E-state index in [2.05, 4.69) is 54.6 Å². The Morgan fingerprint density at radius 1 is 0.773 bits per heavy atom. The number of rotatable bonds is 2. The number of hydrogen-bond acceptors (Lipinski definition) is 1. The summed E-state index contributed by atoms with van der Waals surface area (Å²) in [4.78, 5) is 8.56. The van der Waals surface area contributed by atoms with Gasteiger partial charge in [0.05, 0.1) is 0 Å². The van der Waals surface area contributed by atoms with Crippen molar-refractivity contribution in [3.05, 3.63) is 60.2 Å². The lowest BCUT2D eigenvalue weighted by Gasteiger charge is -2.22. The molecule has 2 aromatic carbocycles. The van der Waals surface area contributed by atoms with Crippen LogP contribution in [0.15, 0.2) is 54.6 Å². The topological polar surface area (TPSA) is 57.5 Å². The number of benzene rings is 2. The molecule has 0 unspecified atom stereocenters. The van der Waals surface area contributed by atoms with Crippen molar-refractivity contribution in [2.45, 2.75) is 38.0 Å². The summed E-state index contributed by atoms with van der Waals surface area (Å²) in [6.07, 6.45) is 5.17. The van der Waals surface area contributed by atoms with E-state index in [0.29, 0.717) is 0 Å². The van der Waals surface area contributed by atoms with E-state index in [4.69, 9.17) is 15.0 Å². The summed E-state index contributed by atoms with van der Waals surface area (Å²) in [6, 6.07) is 19.8. The Balaban J connectivity index is 0.000000396. The normalized spacial score (nSPS) is 14.7. The van der Waals surface area contributed by atoms with Gasteiger partial charge in [0.15, 0.2) is 0 Å². The first-order valence-electron chi connectivity index (χ1n) is 7.74. The molecule has 2 N–H and O–H groups in total. The predicted octanol–water partition coefficient (Wildman–Crippen LogP) is 5.62. The standard InChI is InChI=1S/C18H20.CH2O3/c1-3-7-15(8-4-1)17-11-13-18(14-12-17)16-9-5-2-6-10-16;2-1(3)4/h1,3-4,7-8,11-14,16H,2,5-6,9-10H2;(H2,2,3,4). The van der Waals surface area contributed by atoms with Gasteiger partial charge >= 0.3 is 6.16 Å². The van der Waals surface area contributed by atoms with E-state index >= 15 is 0 Å². The van der Waals surface area contributed by atoms with Crippen LogP contribution in [-0.2, 0) is 0 Å². The molecule has 116 valence electrons. The highest BCUT2D eigenvalue weighted by Gasteiger charge is 2.15. The van der Waals surface area contributed by atoms with Crippen molar-refractivity contribution < 1.29 is 15.0 Å². The molecular weight excluding hydrogens is 276 g/mol. The Hall–Kier alpha value is -2.29. The molecule has 0 atom stereocenters. The third-order valence-corrected chi connectivity index (χ3v) is 4.09. The lowest BCUT2D eigenvalue weighted by molar-refractivity contribution is 0.137. The lowest BCUT2D eigenvalue weighted by atomic mass is 9.84. The molecule has 3 heteroatoms. The summed E-state index contributed by atoms with van der Waals surface area (Å²) in [5, 5.41) is 13.9. The average molecular weight is 298 g/mol. The highest BCUT2D eigenvalue weighted by molar-refractivity contribution is 5.63. The van der Waals surface area contributed by atoms with Crippen molar-refractivity contribution in [2.75, 3.05) is 0 Å². The van der Waals surface area contributed by atoms with E-state index in [1.165, 1.54) is 48.8 Å². The largest absolute Gasteiger partial charge is 0.503 e. The van der Waals surface area contributed by atoms with Gasteiger partial charge in [-0.25, -0.2) is 4.79 Å². The Morgan fingerprint density at radius 2 is 1.27 bits per heavy atom. The van der Waals surface area contributed by atoms with E-state index in [-0.39, 0.29) is 0 Å². The molecule has 1 aliphatic carbocycles. The van der Waals surface area contributed by atoms with Crippen LogP contribution in [0.3, 0.4) is 0 Å². The molecule has 0 aromatic heterocycles. The van der Waals surface area contributed by atoms with Gasteiger partial charge in [-0.2, -0.15) is 0 Å². The van der Waals surface area contributed by atoms with Crippen LogP contribution in [0, 0.1) is 0 Å². The number of carboxylic acid groups (broad SMARTS) is 2. The van der Waals surface area contributed by atoms with E-state index in [0.717, 1.165) is 5.92 Å². The van der Waals surface area contributed by atoms with E-state index in [9.17, 15) is 0 Å². The van der Waals surface area contributed by atoms with Crippen molar-refractivity contribution >= 4 is 6.16 Å². The summed E-state index contributed by atoms with van der Waals surface area (Å²) < 4.78 is 0. The molecule has 0 bridgehead atoms. The van der Waals surface area contributed by atoms with Gasteiger partial charge in [0.2, 0.25) is 0 Å². The van der Waals surface area contributed by atoms with Crippen molar-refractivity contribution in [1.29, 1.82) is 0 Å². The summed E-state index contributed by atoms with van der Waals surface area (Å²) in [7, 11) is 0. The van der Waals surface area contributed by atoms with Crippen molar-refractivity contribution in [3.63, 3.8) is 0 Å². The fraction of sp³-hybridized carbons (Fsp3) is 0.316. The van der Waals surface area contributed by atoms with Gasteiger partial charge in [-0.15, -0.1) is 0 Å². The van der Waals surface area contributed by atoms with Crippen LogP contribution in [0.1, 0.15) is 43.6 Å². The zero-order valence-electron chi connectivity index (χ0n) is 12.6. The second-order valence-corrected chi connectivity index (χ2v) is 5.61. The van der Waals surface area contributed by atoms with Crippen LogP contribution in [0.2, 0.25) is 0 Å². The molecule has 0 amide bonds. The van der Waals surface area contributed by atoms with E-state index in [1.54, 1.807) is 0 Å². The summed E-state index contributed by atoms with van der Waals surface area (Å²) in [5.74, 6) is 0.809. The molecule has 0 spiro atoms. The molecule has 1 aliphatic rings. The highest BCUT2D eigenvalue weighted by Crippen LogP contribution is 2.33. The van der Waals surface area contributed by atoms with E-state index < -0.39 is 6.16 Å². The monoisotopic (exact) mass is 298 g/mol. The maximum absolute atomic E-state index is 8.56. The van der Waals surface area contributed by atoms with Crippen LogP contribution >= 0.6 is 0 Å². The molecule has 0 radical (unpaired) electrons. The minimum Gasteiger partial charge on any atom is -0.450 e. The molecule has 0 aliphatic heterocycles. The molecule has 1 saturated carbocycles. The molecule has 0 heterocycles. The number of hydrogen-bond donors (Lipinski definition) is 2. The molecule has 3 rings (SSSR count). The van der Waals surface area contributed by atoms with Crippen LogP contribution < -0.4 is 0 Å². The first kappa shape index (κ1) is 16.1. The minimum atomic E-state index is -1.83. The van der Waals surface area contributed by atoms with Crippen LogP contribution in [-0.4, -0.2) is 16.4 Å². The molecule has 1 fully saturated rings. The Bertz CT molecular complexity index is 565. The summed E-state index contributed by atoms with van der Waals surface area (Å²) in [6.45, 7) is 0. The van der Waals surface area contributed by atoms with Gasteiger partial charge < -0.3 is 10.2 Å². The Morgan fingerprint density at radius 3 is 1.82 bits per heavy atom. The predicted molar refractivity (Wildman–Crippen MR) is 88.4 cm³/mol.